The number of carbonyl (C=O) groups is 3. The van der Waals surface area contributed by atoms with E-state index in [9.17, 15) is 50.1 Å². The third kappa shape index (κ3) is 5.21. The van der Waals surface area contributed by atoms with E-state index in [1.54, 1.807) is 19.9 Å². The third-order valence-electron chi connectivity index (χ3n) is 12.9. The number of allylic oxidation sites excluding steroid dienone is 4. The third-order valence-corrected chi connectivity index (χ3v) is 12.9. The van der Waals surface area contributed by atoms with Crippen LogP contribution in [0.4, 0.5) is 0 Å². The summed E-state index contributed by atoms with van der Waals surface area (Å²) in [6.45, 7) is 12.8. The lowest BCUT2D eigenvalue weighted by Crippen LogP contribution is -2.64. The smallest absolute Gasteiger partial charge is 0.229 e. The molecule has 0 radical (unpaired) electrons. The molecule has 7 N–H and O–H groups in total. The van der Waals surface area contributed by atoms with Crippen LogP contribution in [0.3, 0.4) is 0 Å². The number of Topliss-reactive ketones (excluding diaryl/α,β-unsaturated/α-hetero) is 2. The maximum absolute atomic E-state index is 14.7. The minimum atomic E-state index is -2.05. The van der Waals surface area contributed by atoms with Crippen LogP contribution < -0.4 is 0 Å². The van der Waals surface area contributed by atoms with E-state index in [1.165, 1.54) is 26.8 Å². The first-order valence-electron chi connectivity index (χ1n) is 16.7. The van der Waals surface area contributed by atoms with E-state index < -0.39 is 106 Å². The lowest BCUT2D eigenvalue weighted by molar-refractivity contribution is -0.291. The second-order valence-electron chi connectivity index (χ2n) is 16.7. The van der Waals surface area contributed by atoms with Crippen molar-refractivity contribution in [3.05, 3.63) is 35.6 Å². The molecule has 0 aromatic rings. The van der Waals surface area contributed by atoms with Gasteiger partial charge in [-0.05, 0) is 76.4 Å². The number of fused-ring (bicyclic) bond motifs is 5. The maximum atomic E-state index is 14.7. The molecule has 0 spiro atoms. The summed E-state index contributed by atoms with van der Waals surface area (Å²) in [6.07, 6.45) is -2.56. The first kappa shape index (κ1) is 37.0. The Morgan fingerprint density at radius 2 is 1.62 bits per heavy atom. The zero-order chi connectivity index (χ0) is 36.2. The van der Waals surface area contributed by atoms with Crippen LogP contribution in [0.2, 0.25) is 0 Å². The zero-order valence-electron chi connectivity index (χ0n) is 29.0. The van der Waals surface area contributed by atoms with Gasteiger partial charge in [-0.1, -0.05) is 38.5 Å². The molecule has 268 valence electrons. The zero-order valence-corrected chi connectivity index (χ0v) is 29.0. The summed E-state index contributed by atoms with van der Waals surface area (Å²) in [6, 6.07) is 0. The predicted octanol–water partition coefficient (Wildman–Crippen LogP) is 0.878. The van der Waals surface area contributed by atoms with E-state index >= 15 is 0 Å². The van der Waals surface area contributed by atoms with E-state index in [0.29, 0.717) is 6.42 Å². The van der Waals surface area contributed by atoms with Crippen LogP contribution in [0.5, 0.6) is 0 Å². The topological polar surface area (TPSA) is 211 Å². The SMILES string of the molecule is CC(C)(O)C=CC(=O)[C@](C)(O)C1[C@H](O)C[C@@]2(C)C3CC=C4C(C=C(O[C@@H]5OC(CO)[C@@H](O)[C@H](O)C5O)C(=O)C4(C)C)[C@]3(C)C(=O)C[C@]12C. The standard InChI is InChI=1S/C36H52O12/c1-31(2,45)12-11-23(39)36(8,46)28-19(38)14-33(5)22-10-9-17-18(35(22,7)24(40)15-34(28,33)6)13-20(29(44)32(17,3)4)47-30-27(43)26(42)25(41)21(16-37)48-30/h9,11-13,18-19,21-22,25-28,30,37-38,41-43,45-46H,10,14-16H2,1-8H3/t18?,19-,21?,22?,25-,26+,27?,28?,30-,33+,34-,35+,36+/m1/s1. The van der Waals surface area contributed by atoms with Crippen LogP contribution in [-0.2, 0) is 23.9 Å². The van der Waals surface area contributed by atoms with Crippen molar-refractivity contribution in [2.75, 3.05) is 6.61 Å². The summed E-state index contributed by atoms with van der Waals surface area (Å²) in [5.41, 5.74) is -6.65. The first-order chi connectivity index (χ1) is 21.9. The quantitative estimate of drug-likeness (QED) is 0.148. The van der Waals surface area contributed by atoms with Gasteiger partial charge in [0.25, 0.3) is 0 Å². The van der Waals surface area contributed by atoms with Crippen molar-refractivity contribution in [2.24, 2.45) is 39.4 Å². The van der Waals surface area contributed by atoms with E-state index in [4.69, 9.17) is 9.47 Å². The van der Waals surface area contributed by atoms with Crippen molar-refractivity contribution in [1.82, 2.24) is 0 Å². The van der Waals surface area contributed by atoms with Crippen LogP contribution in [-0.4, -0.2) is 108 Å². The van der Waals surface area contributed by atoms with Gasteiger partial charge in [-0.25, -0.2) is 0 Å². The second kappa shape index (κ2) is 11.6. The molecule has 48 heavy (non-hydrogen) atoms. The Morgan fingerprint density at radius 3 is 2.21 bits per heavy atom. The number of carbonyl (C=O) groups excluding carboxylic acids is 3. The van der Waals surface area contributed by atoms with E-state index in [1.807, 2.05) is 26.8 Å². The van der Waals surface area contributed by atoms with Gasteiger partial charge in [-0.3, -0.25) is 14.4 Å². The Labute approximate surface area is 281 Å². The van der Waals surface area contributed by atoms with Gasteiger partial charge < -0.3 is 45.2 Å². The van der Waals surface area contributed by atoms with E-state index in [0.717, 1.165) is 11.6 Å². The lowest BCUT2D eigenvalue weighted by Gasteiger charge is -2.63. The van der Waals surface area contributed by atoms with Crippen molar-refractivity contribution in [3.63, 3.8) is 0 Å². The molecular weight excluding hydrogens is 624 g/mol. The van der Waals surface area contributed by atoms with Crippen LogP contribution in [0, 0.1) is 39.4 Å². The normalized spacial score (nSPS) is 45.4. The highest BCUT2D eigenvalue weighted by Crippen LogP contribution is 2.73. The van der Waals surface area contributed by atoms with Crippen molar-refractivity contribution in [3.8, 4) is 0 Å². The van der Waals surface area contributed by atoms with Gasteiger partial charge in [0, 0.05) is 23.7 Å². The highest BCUT2D eigenvalue weighted by molar-refractivity contribution is 6.02. The van der Waals surface area contributed by atoms with Gasteiger partial charge in [0.2, 0.25) is 12.1 Å². The molecular formula is C36H52O12. The molecule has 12 heteroatoms. The monoisotopic (exact) mass is 676 g/mol. The fourth-order valence-electron chi connectivity index (χ4n) is 9.94. The van der Waals surface area contributed by atoms with E-state index in [-0.39, 0.29) is 24.4 Å². The first-order valence-corrected chi connectivity index (χ1v) is 16.7. The number of rotatable bonds is 7. The highest BCUT2D eigenvalue weighted by atomic mass is 16.7. The van der Waals surface area contributed by atoms with Crippen molar-refractivity contribution >= 4 is 17.3 Å². The predicted molar refractivity (Wildman–Crippen MR) is 171 cm³/mol. The number of hydrogen-bond acceptors (Lipinski definition) is 12. The Morgan fingerprint density at radius 1 is 1.00 bits per heavy atom. The largest absolute Gasteiger partial charge is 0.459 e. The summed E-state index contributed by atoms with van der Waals surface area (Å²) in [5, 5.41) is 74.4. The fourth-order valence-corrected chi connectivity index (χ4v) is 9.94. The average Bonchev–Trinajstić information content (AvgIpc) is 3.19. The molecule has 0 aromatic heterocycles. The summed E-state index contributed by atoms with van der Waals surface area (Å²) in [5.74, 6) is -3.51. The number of hydrogen-bond donors (Lipinski definition) is 7. The molecule has 0 amide bonds. The molecule has 1 heterocycles. The molecule has 2 saturated carbocycles. The molecule has 4 aliphatic carbocycles. The minimum Gasteiger partial charge on any atom is -0.459 e. The molecule has 5 rings (SSSR count). The Kier molecular flexibility index (Phi) is 8.96. The molecule has 1 saturated heterocycles. The van der Waals surface area contributed by atoms with E-state index in [2.05, 4.69) is 0 Å². The van der Waals surface area contributed by atoms with Gasteiger partial charge in [0.15, 0.2) is 11.5 Å². The van der Waals surface area contributed by atoms with Crippen molar-refractivity contribution in [2.45, 2.75) is 123 Å². The molecule has 1 aliphatic heterocycles. The number of ether oxygens (including phenoxy) is 2. The van der Waals surface area contributed by atoms with Crippen LogP contribution in [0.25, 0.3) is 0 Å². The molecule has 13 atom stereocenters. The fraction of sp³-hybridized carbons (Fsp3) is 0.750. The molecule has 0 aromatic carbocycles. The molecule has 0 bridgehead atoms. The summed E-state index contributed by atoms with van der Waals surface area (Å²) in [7, 11) is 0. The molecule has 12 nitrogen and oxygen atoms in total. The molecule has 5 aliphatic rings. The number of ketones is 3. The summed E-state index contributed by atoms with van der Waals surface area (Å²) in [4.78, 5) is 41.9. The van der Waals surface area contributed by atoms with Crippen LogP contribution in [0.1, 0.15) is 74.7 Å². The van der Waals surface area contributed by atoms with Crippen LogP contribution in [0.15, 0.2) is 35.6 Å². The number of aliphatic hydroxyl groups excluding tert-OH is 5. The van der Waals surface area contributed by atoms with Gasteiger partial charge in [-0.15, -0.1) is 0 Å². The van der Waals surface area contributed by atoms with Crippen molar-refractivity contribution < 1.29 is 59.6 Å². The maximum Gasteiger partial charge on any atom is 0.229 e. The lowest BCUT2D eigenvalue weighted by atomic mass is 9.39. The summed E-state index contributed by atoms with van der Waals surface area (Å²) >= 11 is 0. The number of aliphatic hydroxyl groups is 7. The second-order valence-corrected chi connectivity index (χ2v) is 16.7. The summed E-state index contributed by atoms with van der Waals surface area (Å²) < 4.78 is 11.5. The Bertz CT molecular complexity index is 1450. The van der Waals surface area contributed by atoms with Crippen molar-refractivity contribution in [1.29, 1.82) is 0 Å². The minimum absolute atomic E-state index is 0.0637. The highest BCUT2D eigenvalue weighted by Gasteiger charge is 2.74. The average molecular weight is 677 g/mol. The Balaban J connectivity index is 1.55. The van der Waals surface area contributed by atoms with Crippen LogP contribution >= 0.6 is 0 Å². The van der Waals surface area contributed by atoms with Gasteiger partial charge in [0.1, 0.15) is 35.8 Å². The van der Waals surface area contributed by atoms with Gasteiger partial charge in [0.05, 0.1) is 23.7 Å². The van der Waals surface area contributed by atoms with Gasteiger partial charge >= 0.3 is 0 Å². The molecule has 5 unspecified atom stereocenters. The Hall–Kier alpha value is -2.29. The van der Waals surface area contributed by atoms with Gasteiger partial charge in [-0.2, -0.15) is 0 Å². The molecule has 3 fully saturated rings.